The first kappa shape index (κ1) is 7.65. The average molecular weight is 168 g/mol. The average Bonchev–Trinajstić information content (AvgIpc) is 1.91. The third kappa shape index (κ3) is 1.19. The number of ether oxygens (including phenoxy) is 1. The van der Waals surface area contributed by atoms with E-state index in [9.17, 15) is 4.79 Å². The molecular weight excluding hydrogens is 156 g/mol. The fourth-order valence-electron chi connectivity index (χ4n) is 2.10. The highest BCUT2D eigenvalue weighted by Crippen LogP contribution is 2.45. The third-order valence-corrected chi connectivity index (χ3v) is 2.87. The van der Waals surface area contributed by atoms with Crippen molar-refractivity contribution in [2.45, 2.75) is 25.7 Å². The Bertz CT molecular complexity index is 232. The van der Waals surface area contributed by atoms with Crippen LogP contribution in [0.4, 0.5) is 4.79 Å². The molecule has 0 aliphatic heterocycles. The predicted octanol–water partition coefficient (Wildman–Crippen LogP) is 2.38. The van der Waals surface area contributed by atoms with E-state index in [0.29, 0.717) is 17.6 Å². The van der Waals surface area contributed by atoms with Crippen molar-refractivity contribution in [3.63, 3.8) is 0 Å². The molecule has 0 aromatic rings. The minimum atomic E-state index is -1.17. The molecule has 1 fully saturated rings. The van der Waals surface area contributed by atoms with Crippen molar-refractivity contribution in [3.8, 4) is 0 Å². The molecule has 2 aliphatic rings. The summed E-state index contributed by atoms with van der Waals surface area (Å²) in [7, 11) is 0. The Labute approximate surface area is 71.0 Å². The van der Waals surface area contributed by atoms with Crippen molar-refractivity contribution in [2.24, 2.45) is 11.8 Å². The first-order valence-corrected chi connectivity index (χ1v) is 4.38. The molecule has 2 unspecified atom stereocenters. The van der Waals surface area contributed by atoms with Crippen LogP contribution in [0.3, 0.4) is 0 Å². The highest BCUT2D eigenvalue weighted by atomic mass is 16.7. The van der Waals surface area contributed by atoms with Crippen LogP contribution < -0.4 is 0 Å². The Balaban J connectivity index is 2.03. The van der Waals surface area contributed by atoms with E-state index in [4.69, 9.17) is 9.84 Å². The lowest BCUT2D eigenvalue weighted by molar-refractivity contribution is 0.0725. The van der Waals surface area contributed by atoms with E-state index in [1.807, 2.05) is 6.08 Å². The normalized spacial score (nSPS) is 32.8. The lowest BCUT2D eigenvalue weighted by atomic mass is 9.68. The molecule has 0 spiro atoms. The molecule has 0 bridgehead atoms. The van der Waals surface area contributed by atoms with Crippen LogP contribution in [0.5, 0.6) is 0 Å². The molecule has 1 saturated carbocycles. The van der Waals surface area contributed by atoms with Crippen LogP contribution in [0.2, 0.25) is 0 Å². The maximum Gasteiger partial charge on any atom is 0.511 e. The van der Waals surface area contributed by atoms with E-state index in [1.165, 1.54) is 12.8 Å². The van der Waals surface area contributed by atoms with Crippen LogP contribution in [0.25, 0.3) is 0 Å². The van der Waals surface area contributed by atoms with E-state index >= 15 is 0 Å². The number of rotatable bonds is 1. The molecule has 3 heteroatoms. The van der Waals surface area contributed by atoms with Crippen molar-refractivity contribution in [3.05, 3.63) is 11.8 Å². The summed E-state index contributed by atoms with van der Waals surface area (Å²) >= 11 is 0. The highest BCUT2D eigenvalue weighted by molar-refractivity contribution is 5.58. The fraction of sp³-hybridized carbons (Fsp3) is 0.667. The molecule has 0 saturated heterocycles. The van der Waals surface area contributed by atoms with Gasteiger partial charge in [-0.1, -0.05) is 0 Å². The van der Waals surface area contributed by atoms with Crippen molar-refractivity contribution in [2.75, 3.05) is 0 Å². The van der Waals surface area contributed by atoms with Crippen molar-refractivity contribution < 1.29 is 14.6 Å². The Hall–Kier alpha value is -0.990. The lowest BCUT2D eigenvalue weighted by Crippen LogP contribution is -2.31. The summed E-state index contributed by atoms with van der Waals surface area (Å²) in [5.41, 5.74) is 0. The molecule has 0 heterocycles. The standard InChI is InChI=1S/C9H12O3/c10-9(11)12-8-3-1-2-6-4-5-7(6)8/h3,6-7H,1-2,4-5H2,(H,10,11). The van der Waals surface area contributed by atoms with Gasteiger partial charge < -0.3 is 9.84 Å². The Morgan fingerprint density at radius 1 is 1.50 bits per heavy atom. The first-order valence-electron chi connectivity index (χ1n) is 4.38. The molecule has 0 radical (unpaired) electrons. The van der Waals surface area contributed by atoms with Gasteiger partial charge in [0.25, 0.3) is 0 Å². The maximum absolute atomic E-state index is 10.3. The van der Waals surface area contributed by atoms with Gasteiger partial charge in [0, 0.05) is 5.92 Å². The Morgan fingerprint density at radius 2 is 2.33 bits per heavy atom. The molecule has 0 aromatic heterocycles. The van der Waals surface area contributed by atoms with Crippen LogP contribution in [0, 0.1) is 11.8 Å². The molecule has 12 heavy (non-hydrogen) atoms. The van der Waals surface area contributed by atoms with Crippen molar-refractivity contribution in [1.29, 1.82) is 0 Å². The smallest absolute Gasteiger partial charge is 0.449 e. The summed E-state index contributed by atoms with van der Waals surface area (Å²) in [6.45, 7) is 0. The summed E-state index contributed by atoms with van der Waals surface area (Å²) in [6, 6.07) is 0. The number of hydrogen-bond donors (Lipinski definition) is 1. The lowest BCUT2D eigenvalue weighted by Gasteiger charge is -2.39. The quantitative estimate of drug-likeness (QED) is 0.611. The zero-order valence-electron chi connectivity index (χ0n) is 6.82. The minimum Gasteiger partial charge on any atom is -0.449 e. The van der Waals surface area contributed by atoms with Crippen LogP contribution in [-0.4, -0.2) is 11.3 Å². The van der Waals surface area contributed by atoms with Gasteiger partial charge in [-0.15, -0.1) is 0 Å². The van der Waals surface area contributed by atoms with Gasteiger partial charge in [-0.05, 0) is 37.7 Å². The topological polar surface area (TPSA) is 46.5 Å². The van der Waals surface area contributed by atoms with Crippen LogP contribution in [-0.2, 0) is 4.74 Å². The van der Waals surface area contributed by atoms with Crippen LogP contribution in [0.1, 0.15) is 25.7 Å². The van der Waals surface area contributed by atoms with E-state index in [0.717, 1.165) is 12.8 Å². The minimum absolute atomic E-state index is 0.412. The predicted molar refractivity (Wildman–Crippen MR) is 42.6 cm³/mol. The molecule has 1 N–H and O–H groups in total. The van der Waals surface area contributed by atoms with E-state index in [1.54, 1.807) is 0 Å². The Kier molecular flexibility index (Phi) is 1.79. The van der Waals surface area contributed by atoms with E-state index in [2.05, 4.69) is 0 Å². The molecule has 0 amide bonds. The SMILES string of the molecule is O=C(O)OC1=CCCC2CCC12. The summed E-state index contributed by atoms with van der Waals surface area (Å²) < 4.78 is 4.70. The van der Waals surface area contributed by atoms with Gasteiger partial charge in [0.2, 0.25) is 0 Å². The molecule has 2 atom stereocenters. The van der Waals surface area contributed by atoms with Gasteiger partial charge in [-0.2, -0.15) is 0 Å². The number of allylic oxidation sites excluding steroid dienone is 2. The van der Waals surface area contributed by atoms with E-state index in [-0.39, 0.29) is 0 Å². The van der Waals surface area contributed by atoms with Gasteiger partial charge in [0.05, 0.1) is 0 Å². The van der Waals surface area contributed by atoms with Crippen LogP contribution in [0.15, 0.2) is 11.8 Å². The van der Waals surface area contributed by atoms with E-state index < -0.39 is 6.16 Å². The molecule has 66 valence electrons. The van der Waals surface area contributed by atoms with Gasteiger partial charge in [-0.3, -0.25) is 0 Å². The monoisotopic (exact) mass is 168 g/mol. The second-order valence-electron chi connectivity index (χ2n) is 3.50. The second-order valence-corrected chi connectivity index (χ2v) is 3.50. The number of hydrogen-bond acceptors (Lipinski definition) is 2. The summed E-state index contributed by atoms with van der Waals surface area (Å²) in [5, 5.41) is 8.43. The number of carbonyl (C=O) groups is 1. The molecule has 0 aromatic carbocycles. The second kappa shape index (κ2) is 2.81. The summed E-state index contributed by atoms with van der Waals surface area (Å²) in [4.78, 5) is 10.3. The van der Waals surface area contributed by atoms with Crippen molar-refractivity contribution in [1.82, 2.24) is 0 Å². The van der Waals surface area contributed by atoms with Gasteiger partial charge in [0.1, 0.15) is 5.76 Å². The Morgan fingerprint density at radius 3 is 2.92 bits per heavy atom. The summed E-state index contributed by atoms with van der Waals surface area (Å²) in [5.74, 6) is 1.81. The molecule has 2 rings (SSSR count). The van der Waals surface area contributed by atoms with Gasteiger partial charge >= 0.3 is 6.16 Å². The fourth-order valence-corrected chi connectivity index (χ4v) is 2.10. The third-order valence-electron chi connectivity index (χ3n) is 2.87. The summed E-state index contributed by atoms with van der Waals surface area (Å²) in [6.07, 6.45) is 5.28. The zero-order valence-corrected chi connectivity index (χ0v) is 6.82. The van der Waals surface area contributed by atoms with Gasteiger partial charge in [-0.25, -0.2) is 4.79 Å². The number of fused-ring (bicyclic) bond motifs is 1. The first-order chi connectivity index (χ1) is 5.77. The number of carboxylic acid groups (broad SMARTS) is 1. The molecule has 2 aliphatic carbocycles. The van der Waals surface area contributed by atoms with Gasteiger partial charge in [0.15, 0.2) is 0 Å². The zero-order chi connectivity index (χ0) is 8.55. The molecular formula is C9H12O3. The maximum atomic E-state index is 10.3. The largest absolute Gasteiger partial charge is 0.511 e. The molecule has 3 nitrogen and oxygen atoms in total. The highest BCUT2D eigenvalue weighted by Gasteiger charge is 2.37. The van der Waals surface area contributed by atoms with Crippen LogP contribution >= 0.6 is 0 Å². The van der Waals surface area contributed by atoms with Crippen molar-refractivity contribution >= 4 is 6.16 Å².